The van der Waals surface area contributed by atoms with E-state index in [-0.39, 0.29) is 23.9 Å². The van der Waals surface area contributed by atoms with E-state index in [2.05, 4.69) is 10.2 Å². The summed E-state index contributed by atoms with van der Waals surface area (Å²) in [4.78, 5) is 16.7. The van der Waals surface area contributed by atoms with E-state index in [0.717, 1.165) is 32.6 Å². The third-order valence-electron chi connectivity index (χ3n) is 4.50. The van der Waals surface area contributed by atoms with Gasteiger partial charge in [0.15, 0.2) is 0 Å². The van der Waals surface area contributed by atoms with E-state index < -0.39 is 6.43 Å². The smallest absolute Gasteiger partial charge is 0.263 e. The van der Waals surface area contributed by atoms with Gasteiger partial charge in [-0.15, -0.1) is 12.4 Å². The SMILES string of the molecule is Cl.O=C(c1cccc(C(F)F)c1)N1CCC(N2CCNCC2)C1. The predicted molar refractivity (Wildman–Crippen MR) is 87.4 cm³/mol. The molecule has 2 aliphatic rings. The van der Waals surface area contributed by atoms with Gasteiger partial charge in [-0.3, -0.25) is 9.69 Å². The molecule has 128 valence electrons. The Morgan fingerprint density at radius 1 is 1.22 bits per heavy atom. The van der Waals surface area contributed by atoms with E-state index in [4.69, 9.17) is 0 Å². The molecule has 0 bridgehead atoms. The number of hydrogen-bond donors (Lipinski definition) is 1. The first-order valence-corrected chi connectivity index (χ1v) is 7.77. The van der Waals surface area contributed by atoms with Crippen molar-refractivity contribution < 1.29 is 13.6 Å². The summed E-state index contributed by atoms with van der Waals surface area (Å²) in [6.45, 7) is 5.38. The topological polar surface area (TPSA) is 35.6 Å². The van der Waals surface area contributed by atoms with Crippen LogP contribution in [0.15, 0.2) is 24.3 Å². The Kier molecular flexibility index (Phi) is 6.33. The van der Waals surface area contributed by atoms with Crippen LogP contribution in [0.3, 0.4) is 0 Å². The molecule has 2 heterocycles. The van der Waals surface area contributed by atoms with Gasteiger partial charge in [-0.1, -0.05) is 12.1 Å². The molecule has 1 unspecified atom stereocenters. The largest absolute Gasteiger partial charge is 0.337 e. The van der Waals surface area contributed by atoms with Crippen LogP contribution in [0.25, 0.3) is 0 Å². The lowest BCUT2D eigenvalue weighted by molar-refractivity contribution is 0.0773. The highest BCUT2D eigenvalue weighted by atomic mass is 35.5. The molecule has 0 aliphatic carbocycles. The van der Waals surface area contributed by atoms with Crippen LogP contribution in [0.4, 0.5) is 8.78 Å². The van der Waals surface area contributed by atoms with E-state index in [0.29, 0.717) is 24.7 Å². The monoisotopic (exact) mass is 345 g/mol. The zero-order valence-electron chi connectivity index (χ0n) is 12.9. The van der Waals surface area contributed by atoms with E-state index in [1.54, 1.807) is 11.0 Å². The number of carbonyl (C=O) groups excluding carboxylic acids is 1. The molecular formula is C16H22ClF2N3O. The highest BCUT2D eigenvalue weighted by molar-refractivity contribution is 5.94. The molecule has 2 saturated heterocycles. The zero-order valence-corrected chi connectivity index (χ0v) is 13.7. The minimum Gasteiger partial charge on any atom is -0.337 e. The van der Waals surface area contributed by atoms with Gasteiger partial charge in [0.2, 0.25) is 0 Å². The Hall–Kier alpha value is -1.24. The van der Waals surface area contributed by atoms with Crippen LogP contribution in [0.2, 0.25) is 0 Å². The van der Waals surface area contributed by atoms with Crippen molar-refractivity contribution in [2.24, 2.45) is 0 Å². The number of halogens is 3. The first kappa shape index (κ1) is 18.1. The molecule has 23 heavy (non-hydrogen) atoms. The molecule has 0 aromatic heterocycles. The van der Waals surface area contributed by atoms with Crippen LogP contribution in [-0.2, 0) is 0 Å². The summed E-state index contributed by atoms with van der Waals surface area (Å²) in [6.07, 6.45) is -1.58. The Labute approximate surface area is 141 Å². The third-order valence-corrected chi connectivity index (χ3v) is 4.50. The highest BCUT2D eigenvalue weighted by Gasteiger charge is 2.31. The van der Waals surface area contributed by atoms with E-state index >= 15 is 0 Å². The third kappa shape index (κ3) is 4.19. The standard InChI is InChI=1S/C16H21F2N3O.ClH/c17-15(18)12-2-1-3-13(10-12)16(22)21-7-4-14(11-21)20-8-5-19-6-9-20;/h1-3,10,14-15,19H,4-9,11H2;1H. The number of hydrogen-bond acceptors (Lipinski definition) is 3. The second kappa shape index (κ2) is 8.04. The number of alkyl halides is 2. The van der Waals surface area contributed by atoms with Crippen molar-refractivity contribution >= 4 is 18.3 Å². The van der Waals surface area contributed by atoms with Gasteiger partial charge in [0, 0.05) is 56.4 Å². The molecule has 4 nitrogen and oxygen atoms in total. The Morgan fingerprint density at radius 2 is 1.96 bits per heavy atom. The zero-order chi connectivity index (χ0) is 15.5. The molecule has 0 spiro atoms. The van der Waals surface area contributed by atoms with Gasteiger partial charge in [0.05, 0.1) is 0 Å². The molecule has 0 radical (unpaired) electrons. The van der Waals surface area contributed by atoms with Crippen LogP contribution in [0.1, 0.15) is 28.8 Å². The maximum Gasteiger partial charge on any atom is 0.263 e. The summed E-state index contributed by atoms with van der Waals surface area (Å²) in [5.74, 6) is -0.139. The number of carbonyl (C=O) groups is 1. The molecule has 1 aromatic rings. The summed E-state index contributed by atoms with van der Waals surface area (Å²) in [5, 5.41) is 3.32. The van der Waals surface area contributed by atoms with Crippen molar-refractivity contribution in [3.05, 3.63) is 35.4 Å². The lowest BCUT2D eigenvalue weighted by Gasteiger charge is -2.32. The fourth-order valence-corrected chi connectivity index (χ4v) is 3.26. The molecule has 2 fully saturated rings. The second-order valence-electron chi connectivity index (χ2n) is 5.91. The first-order valence-electron chi connectivity index (χ1n) is 7.77. The second-order valence-corrected chi connectivity index (χ2v) is 5.91. The van der Waals surface area contributed by atoms with E-state index in [9.17, 15) is 13.6 Å². The van der Waals surface area contributed by atoms with Crippen molar-refractivity contribution in [3.63, 3.8) is 0 Å². The normalized spacial score (nSPS) is 22.2. The van der Waals surface area contributed by atoms with E-state index in [1.807, 2.05) is 0 Å². The molecule has 1 N–H and O–H groups in total. The summed E-state index contributed by atoms with van der Waals surface area (Å²) in [7, 11) is 0. The molecular weight excluding hydrogens is 324 g/mol. The predicted octanol–water partition coefficient (Wildman–Crippen LogP) is 2.17. The fourth-order valence-electron chi connectivity index (χ4n) is 3.26. The Morgan fingerprint density at radius 3 is 2.65 bits per heavy atom. The van der Waals surface area contributed by atoms with Crippen molar-refractivity contribution in [1.29, 1.82) is 0 Å². The van der Waals surface area contributed by atoms with Gasteiger partial charge in [0.25, 0.3) is 12.3 Å². The quantitative estimate of drug-likeness (QED) is 0.912. The summed E-state index contributed by atoms with van der Waals surface area (Å²) in [5.41, 5.74) is 0.266. The number of likely N-dealkylation sites (tertiary alicyclic amines) is 1. The van der Waals surface area contributed by atoms with Crippen molar-refractivity contribution in [3.8, 4) is 0 Å². The molecule has 3 rings (SSSR count). The van der Waals surface area contributed by atoms with Gasteiger partial charge in [-0.2, -0.15) is 0 Å². The average Bonchev–Trinajstić information content (AvgIpc) is 3.05. The Balaban J connectivity index is 0.00000192. The van der Waals surface area contributed by atoms with E-state index in [1.165, 1.54) is 18.2 Å². The number of amides is 1. The van der Waals surface area contributed by atoms with Crippen LogP contribution in [0, 0.1) is 0 Å². The van der Waals surface area contributed by atoms with Crippen LogP contribution in [0.5, 0.6) is 0 Å². The molecule has 1 aromatic carbocycles. The van der Waals surface area contributed by atoms with Gasteiger partial charge in [0.1, 0.15) is 0 Å². The minimum absolute atomic E-state index is 0. The number of rotatable bonds is 3. The highest BCUT2D eigenvalue weighted by Crippen LogP contribution is 2.22. The number of nitrogens with one attached hydrogen (secondary N) is 1. The van der Waals surface area contributed by atoms with Crippen molar-refractivity contribution in [2.45, 2.75) is 18.9 Å². The van der Waals surface area contributed by atoms with Gasteiger partial charge >= 0.3 is 0 Å². The molecule has 2 aliphatic heterocycles. The van der Waals surface area contributed by atoms with Crippen LogP contribution in [-0.4, -0.2) is 61.0 Å². The summed E-state index contributed by atoms with van der Waals surface area (Å²) >= 11 is 0. The first-order chi connectivity index (χ1) is 10.6. The number of nitrogens with zero attached hydrogens (tertiary/aromatic N) is 2. The molecule has 1 amide bonds. The van der Waals surface area contributed by atoms with Gasteiger partial charge in [-0.05, 0) is 18.6 Å². The lowest BCUT2D eigenvalue weighted by atomic mass is 10.1. The lowest BCUT2D eigenvalue weighted by Crippen LogP contribution is -2.49. The summed E-state index contributed by atoms with van der Waals surface area (Å²) in [6, 6.07) is 6.20. The van der Waals surface area contributed by atoms with Crippen molar-refractivity contribution in [1.82, 2.24) is 15.1 Å². The maximum absolute atomic E-state index is 12.8. The van der Waals surface area contributed by atoms with Crippen LogP contribution < -0.4 is 5.32 Å². The Bertz CT molecular complexity index is 538. The fraction of sp³-hybridized carbons (Fsp3) is 0.562. The van der Waals surface area contributed by atoms with Gasteiger partial charge < -0.3 is 10.2 Å². The average molecular weight is 346 g/mol. The molecule has 7 heteroatoms. The summed E-state index contributed by atoms with van der Waals surface area (Å²) < 4.78 is 25.5. The van der Waals surface area contributed by atoms with Crippen LogP contribution >= 0.6 is 12.4 Å². The maximum atomic E-state index is 12.8. The number of piperazine rings is 1. The minimum atomic E-state index is -2.54. The molecule has 1 atom stereocenters. The van der Waals surface area contributed by atoms with Gasteiger partial charge in [-0.25, -0.2) is 8.78 Å². The molecule has 0 saturated carbocycles. The van der Waals surface area contributed by atoms with Crippen molar-refractivity contribution in [2.75, 3.05) is 39.3 Å². The number of benzene rings is 1.